The Labute approximate surface area is 86.7 Å². The summed E-state index contributed by atoms with van der Waals surface area (Å²) < 4.78 is 4.48. The summed E-state index contributed by atoms with van der Waals surface area (Å²) >= 11 is 0. The predicted octanol–water partition coefficient (Wildman–Crippen LogP) is -0.432. The van der Waals surface area contributed by atoms with Crippen molar-refractivity contribution < 1.29 is 9.63 Å². The van der Waals surface area contributed by atoms with E-state index in [0.717, 1.165) is 6.42 Å². The first-order valence-electron chi connectivity index (χ1n) is 5.03. The molecule has 0 unspecified atom stereocenters. The van der Waals surface area contributed by atoms with Crippen LogP contribution in [0.1, 0.15) is 26.1 Å². The monoisotopic (exact) mass is 213 g/mol. The molecule has 0 amide bonds. The van der Waals surface area contributed by atoms with Crippen LogP contribution < -0.4 is 11.1 Å². The van der Waals surface area contributed by atoms with Gasteiger partial charge in [-0.1, -0.05) is 5.16 Å². The lowest BCUT2D eigenvalue weighted by Crippen LogP contribution is -2.38. The van der Waals surface area contributed by atoms with Crippen LogP contribution >= 0.6 is 0 Å². The summed E-state index contributed by atoms with van der Waals surface area (Å²) in [6, 6.07) is 0.252. The van der Waals surface area contributed by atoms with Gasteiger partial charge in [0.1, 0.15) is 0 Å². The van der Waals surface area contributed by atoms with Crippen LogP contribution in [0.3, 0.4) is 0 Å². The first-order chi connectivity index (χ1) is 7.08. The zero-order valence-corrected chi connectivity index (χ0v) is 8.78. The molecule has 0 spiro atoms. The number of aromatic amines is 1. The second-order valence-corrected chi connectivity index (χ2v) is 4.30. The molecule has 15 heavy (non-hydrogen) atoms. The second kappa shape index (κ2) is 3.46. The Morgan fingerprint density at radius 1 is 1.80 bits per heavy atom. The third kappa shape index (κ3) is 1.70. The third-order valence-corrected chi connectivity index (χ3v) is 2.73. The number of rotatable bonds is 4. The number of aliphatic hydroxyl groups excluding tert-OH is 1. The van der Waals surface area contributed by atoms with Crippen molar-refractivity contribution in [3.63, 3.8) is 0 Å². The summed E-state index contributed by atoms with van der Waals surface area (Å²) in [6.45, 7) is 4.09. The van der Waals surface area contributed by atoms with E-state index in [9.17, 15) is 4.79 Å². The van der Waals surface area contributed by atoms with Crippen LogP contribution in [0.5, 0.6) is 0 Å². The van der Waals surface area contributed by atoms with E-state index in [1.165, 1.54) is 0 Å². The normalized spacial score (nSPS) is 29.7. The molecule has 3 N–H and O–H groups in total. The van der Waals surface area contributed by atoms with Gasteiger partial charge < -0.3 is 10.4 Å². The lowest BCUT2D eigenvalue weighted by atomic mass is 10.1. The largest absolute Gasteiger partial charge is 0.438 e. The maximum absolute atomic E-state index is 10.9. The Bertz CT molecular complexity index is 397. The van der Waals surface area contributed by atoms with Crippen molar-refractivity contribution in [2.45, 2.75) is 31.8 Å². The fourth-order valence-electron chi connectivity index (χ4n) is 2.02. The number of aliphatic hydroxyl groups is 1. The summed E-state index contributed by atoms with van der Waals surface area (Å²) in [7, 11) is 0. The molecule has 1 heterocycles. The molecule has 0 radical (unpaired) electrons. The van der Waals surface area contributed by atoms with E-state index in [0.29, 0.717) is 5.82 Å². The van der Waals surface area contributed by atoms with Gasteiger partial charge in [-0.25, -0.2) is 4.79 Å². The minimum absolute atomic E-state index is 0.0780. The molecule has 1 aromatic heterocycles. The Kier molecular flexibility index (Phi) is 2.40. The number of hydrogen-bond acceptors (Lipinski definition) is 5. The highest BCUT2D eigenvalue weighted by molar-refractivity contribution is 5.19. The topological polar surface area (TPSA) is 91.2 Å². The van der Waals surface area contributed by atoms with Gasteiger partial charge in [0.15, 0.2) is 5.82 Å². The molecule has 6 heteroatoms. The van der Waals surface area contributed by atoms with Crippen LogP contribution in [0.2, 0.25) is 0 Å². The minimum atomic E-state index is -0.557. The Morgan fingerprint density at radius 3 is 2.93 bits per heavy atom. The molecule has 2 atom stereocenters. The summed E-state index contributed by atoms with van der Waals surface area (Å²) in [4.78, 5) is 13.4. The van der Waals surface area contributed by atoms with Gasteiger partial charge in [-0.15, -0.1) is 0 Å². The van der Waals surface area contributed by atoms with Gasteiger partial charge >= 0.3 is 5.76 Å². The van der Waals surface area contributed by atoms with Crippen LogP contribution in [0, 0.1) is 5.92 Å². The second-order valence-electron chi connectivity index (χ2n) is 4.30. The number of nitrogens with zero attached hydrogens (tertiary/aromatic N) is 1. The van der Waals surface area contributed by atoms with Crippen molar-refractivity contribution in [1.82, 2.24) is 15.5 Å². The lowest BCUT2D eigenvalue weighted by Gasteiger charge is -2.18. The van der Waals surface area contributed by atoms with Gasteiger partial charge in [0, 0.05) is 18.6 Å². The first-order valence-corrected chi connectivity index (χ1v) is 5.03. The minimum Gasteiger partial charge on any atom is -0.396 e. The van der Waals surface area contributed by atoms with Crippen molar-refractivity contribution in [2.75, 3.05) is 6.61 Å². The van der Waals surface area contributed by atoms with E-state index in [-0.39, 0.29) is 18.6 Å². The van der Waals surface area contributed by atoms with E-state index in [2.05, 4.69) is 20.0 Å². The molecule has 84 valence electrons. The van der Waals surface area contributed by atoms with E-state index in [4.69, 9.17) is 5.11 Å². The number of aromatic nitrogens is 2. The third-order valence-electron chi connectivity index (χ3n) is 2.73. The van der Waals surface area contributed by atoms with Gasteiger partial charge in [0.25, 0.3) is 0 Å². The predicted molar refractivity (Wildman–Crippen MR) is 52.3 cm³/mol. The molecule has 1 fully saturated rings. The number of H-pyrrole nitrogens is 1. The van der Waals surface area contributed by atoms with Gasteiger partial charge in [0.05, 0.1) is 5.54 Å². The summed E-state index contributed by atoms with van der Waals surface area (Å²) in [5.74, 6) is 0.0272. The van der Waals surface area contributed by atoms with Crippen LogP contribution in [-0.4, -0.2) is 27.9 Å². The molecule has 1 aromatic rings. The van der Waals surface area contributed by atoms with Crippen LogP contribution in [0.15, 0.2) is 9.32 Å². The molecule has 2 rings (SSSR count). The standard InChI is InChI=1S/C9H15N3O3/c1-5(2)11-9(3-6(9)4-13)7-10-8(14)15-12-7/h5-6,11,13H,3-4H2,1-2H3,(H,10,12,14)/t6-,9+/m1/s1. The smallest absolute Gasteiger partial charge is 0.396 e. The SMILES string of the molecule is CC(C)N[C@@]1(c2noc(=O)[nH]2)C[C@@H]1CO. The maximum Gasteiger partial charge on any atom is 0.438 e. The zero-order chi connectivity index (χ0) is 11.1. The highest BCUT2D eigenvalue weighted by Crippen LogP contribution is 2.50. The van der Waals surface area contributed by atoms with E-state index in [1.807, 2.05) is 13.8 Å². The first kappa shape index (κ1) is 10.4. The number of hydrogen-bond donors (Lipinski definition) is 3. The van der Waals surface area contributed by atoms with Gasteiger partial charge in [-0.05, 0) is 20.3 Å². The molecule has 1 aliphatic rings. The Balaban J connectivity index is 2.25. The van der Waals surface area contributed by atoms with Crippen LogP contribution in [-0.2, 0) is 5.54 Å². The quantitative estimate of drug-likeness (QED) is 0.631. The van der Waals surface area contributed by atoms with Crippen molar-refractivity contribution in [3.8, 4) is 0 Å². The Hall–Kier alpha value is -1.14. The average molecular weight is 213 g/mol. The molecule has 1 saturated carbocycles. The van der Waals surface area contributed by atoms with Crippen molar-refractivity contribution in [1.29, 1.82) is 0 Å². The van der Waals surface area contributed by atoms with Crippen molar-refractivity contribution in [3.05, 3.63) is 16.4 Å². The molecule has 0 bridgehead atoms. The Morgan fingerprint density at radius 2 is 2.53 bits per heavy atom. The molecule has 6 nitrogen and oxygen atoms in total. The van der Waals surface area contributed by atoms with Crippen molar-refractivity contribution >= 4 is 0 Å². The van der Waals surface area contributed by atoms with Crippen molar-refractivity contribution in [2.24, 2.45) is 5.92 Å². The molecule has 0 aromatic carbocycles. The van der Waals surface area contributed by atoms with E-state index < -0.39 is 11.3 Å². The van der Waals surface area contributed by atoms with Crippen LogP contribution in [0.25, 0.3) is 0 Å². The highest BCUT2D eigenvalue weighted by atomic mass is 16.5. The molecule has 0 aliphatic heterocycles. The molecular weight excluding hydrogens is 198 g/mol. The highest BCUT2D eigenvalue weighted by Gasteiger charge is 2.58. The fraction of sp³-hybridized carbons (Fsp3) is 0.778. The van der Waals surface area contributed by atoms with Gasteiger partial charge in [0.2, 0.25) is 0 Å². The fourth-order valence-corrected chi connectivity index (χ4v) is 2.02. The summed E-state index contributed by atoms with van der Waals surface area (Å²) in [5.41, 5.74) is -0.408. The summed E-state index contributed by atoms with van der Waals surface area (Å²) in [6.07, 6.45) is 0.768. The van der Waals surface area contributed by atoms with Crippen LogP contribution in [0.4, 0.5) is 0 Å². The van der Waals surface area contributed by atoms with E-state index >= 15 is 0 Å². The van der Waals surface area contributed by atoms with Gasteiger partial charge in [-0.3, -0.25) is 9.51 Å². The zero-order valence-electron chi connectivity index (χ0n) is 8.78. The van der Waals surface area contributed by atoms with Gasteiger partial charge in [-0.2, -0.15) is 0 Å². The molecule has 1 aliphatic carbocycles. The lowest BCUT2D eigenvalue weighted by molar-refractivity contribution is 0.247. The summed E-state index contributed by atoms with van der Waals surface area (Å²) in [5, 5.41) is 16.1. The van der Waals surface area contributed by atoms with E-state index in [1.54, 1.807) is 0 Å². The molecule has 0 saturated heterocycles. The average Bonchev–Trinajstić information content (AvgIpc) is 2.68. The molecular formula is C9H15N3O3. The maximum atomic E-state index is 10.9. The number of nitrogens with one attached hydrogen (secondary N) is 2.